The van der Waals surface area contributed by atoms with Crippen LogP contribution in [0.4, 0.5) is 5.69 Å². The van der Waals surface area contributed by atoms with Gasteiger partial charge in [-0.25, -0.2) is 8.42 Å². The molecule has 0 aliphatic carbocycles. The molecule has 0 unspecified atom stereocenters. The second-order valence-corrected chi connectivity index (χ2v) is 5.40. The van der Waals surface area contributed by atoms with Crippen molar-refractivity contribution in [3.63, 3.8) is 0 Å². The van der Waals surface area contributed by atoms with Gasteiger partial charge >= 0.3 is 0 Å². The van der Waals surface area contributed by atoms with Crippen LogP contribution in [0.3, 0.4) is 0 Å². The predicted molar refractivity (Wildman–Crippen MR) is 59.2 cm³/mol. The van der Waals surface area contributed by atoms with Crippen LogP contribution < -0.4 is 4.72 Å². The number of hydrogen-bond acceptors (Lipinski definition) is 2. The van der Waals surface area contributed by atoms with Crippen molar-refractivity contribution in [1.29, 1.82) is 0 Å². The third-order valence-corrected chi connectivity index (χ3v) is 3.55. The monoisotopic (exact) mass is 233 g/mol. The predicted octanol–water partition coefficient (Wildman–Crippen LogP) is 2.24. The summed E-state index contributed by atoms with van der Waals surface area (Å²) in [7, 11) is -3.40. The van der Waals surface area contributed by atoms with E-state index < -0.39 is 15.2 Å². The molecule has 78 valence electrons. The summed E-state index contributed by atoms with van der Waals surface area (Å²) in [4.78, 5) is 0. The first-order valence-electron chi connectivity index (χ1n) is 4.09. The molecular formula is C9H12ClNO2S. The normalized spacial score (nSPS) is 11.4. The second kappa shape index (κ2) is 4.19. The zero-order valence-electron chi connectivity index (χ0n) is 8.04. The molecule has 3 nitrogen and oxygen atoms in total. The smallest absolute Gasteiger partial charge is 0.246 e. The SMILES string of the molecule is Cc1cccc(C)c1NS(=O)(=O)CCl. The van der Waals surface area contributed by atoms with E-state index in [4.69, 9.17) is 11.6 Å². The standard InChI is InChI=1S/C9H12ClNO2S/c1-7-4-3-5-8(2)9(7)11-14(12,13)6-10/h3-5,11H,6H2,1-2H3. The zero-order valence-corrected chi connectivity index (χ0v) is 9.61. The first kappa shape index (κ1) is 11.3. The summed E-state index contributed by atoms with van der Waals surface area (Å²) in [6, 6.07) is 5.57. The molecule has 1 aromatic rings. The van der Waals surface area contributed by atoms with Crippen LogP contribution in [0.25, 0.3) is 0 Å². The molecule has 0 bridgehead atoms. The van der Waals surface area contributed by atoms with E-state index in [2.05, 4.69) is 4.72 Å². The maximum Gasteiger partial charge on any atom is 0.246 e. The Morgan fingerprint density at radius 3 is 2.21 bits per heavy atom. The summed E-state index contributed by atoms with van der Waals surface area (Å²) in [6.45, 7) is 3.69. The maximum absolute atomic E-state index is 11.2. The van der Waals surface area contributed by atoms with Crippen molar-refractivity contribution < 1.29 is 8.42 Å². The van der Waals surface area contributed by atoms with Crippen LogP contribution in [0.2, 0.25) is 0 Å². The van der Waals surface area contributed by atoms with E-state index >= 15 is 0 Å². The molecule has 0 saturated heterocycles. The van der Waals surface area contributed by atoms with Crippen molar-refractivity contribution in [3.8, 4) is 0 Å². The number of alkyl halides is 1. The number of aryl methyl sites for hydroxylation is 2. The Hall–Kier alpha value is -0.740. The third-order valence-electron chi connectivity index (χ3n) is 1.88. The Labute approximate surface area is 89.1 Å². The molecule has 1 N–H and O–H groups in total. The number of sulfonamides is 1. The number of nitrogens with one attached hydrogen (secondary N) is 1. The molecule has 1 rings (SSSR count). The van der Waals surface area contributed by atoms with Gasteiger partial charge in [-0.2, -0.15) is 0 Å². The van der Waals surface area contributed by atoms with Gasteiger partial charge in [-0.1, -0.05) is 18.2 Å². The summed E-state index contributed by atoms with van der Waals surface area (Å²) < 4.78 is 24.9. The highest BCUT2D eigenvalue weighted by Gasteiger charge is 2.11. The number of anilines is 1. The van der Waals surface area contributed by atoms with E-state index in [0.717, 1.165) is 11.1 Å². The molecule has 1 aromatic carbocycles. The van der Waals surface area contributed by atoms with Gasteiger partial charge in [-0.3, -0.25) is 4.72 Å². The summed E-state index contributed by atoms with van der Waals surface area (Å²) in [5, 5.41) is -0.430. The molecule has 0 aliphatic rings. The summed E-state index contributed by atoms with van der Waals surface area (Å²) >= 11 is 5.30. The van der Waals surface area contributed by atoms with Crippen molar-refractivity contribution in [3.05, 3.63) is 29.3 Å². The van der Waals surface area contributed by atoms with E-state index in [1.807, 2.05) is 32.0 Å². The quantitative estimate of drug-likeness (QED) is 0.814. The summed E-state index contributed by atoms with van der Waals surface area (Å²) in [5.41, 5.74) is 2.39. The van der Waals surface area contributed by atoms with E-state index in [-0.39, 0.29) is 0 Å². The first-order chi connectivity index (χ1) is 6.46. The van der Waals surface area contributed by atoms with E-state index in [0.29, 0.717) is 5.69 Å². The van der Waals surface area contributed by atoms with E-state index in [9.17, 15) is 8.42 Å². The average molecular weight is 234 g/mol. The zero-order chi connectivity index (χ0) is 10.8. The van der Waals surface area contributed by atoms with Crippen LogP contribution in [0.1, 0.15) is 11.1 Å². The van der Waals surface area contributed by atoms with Crippen molar-refractivity contribution >= 4 is 27.3 Å². The van der Waals surface area contributed by atoms with Gasteiger partial charge in [0.25, 0.3) is 0 Å². The molecule has 0 amide bonds. The number of rotatable bonds is 3. The van der Waals surface area contributed by atoms with Crippen LogP contribution in [-0.2, 0) is 10.0 Å². The van der Waals surface area contributed by atoms with Gasteiger partial charge in [0.2, 0.25) is 10.0 Å². The minimum absolute atomic E-state index is 0.430. The van der Waals surface area contributed by atoms with Crippen molar-refractivity contribution in [2.24, 2.45) is 0 Å². The Morgan fingerprint density at radius 1 is 1.29 bits per heavy atom. The molecule has 5 heteroatoms. The fourth-order valence-electron chi connectivity index (χ4n) is 1.16. The molecule has 0 heterocycles. The fourth-order valence-corrected chi connectivity index (χ4v) is 2.01. The van der Waals surface area contributed by atoms with Crippen LogP contribution in [0.5, 0.6) is 0 Å². The Balaban J connectivity index is 3.09. The molecule has 0 atom stereocenters. The van der Waals surface area contributed by atoms with Crippen molar-refractivity contribution in [2.75, 3.05) is 9.93 Å². The molecule has 14 heavy (non-hydrogen) atoms. The van der Waals surface area contributed by atoms with Gasteiger partial charge in [0.05, 0.1) is 5.69 Å². The van der Waals surface area contributed by atoms with Gasteiger partial charge < -0.3 is 0 Å². The lowest BCUT2D eigenvalue weighted by Gasteiger charge is -2.11. The molecule has 0 spiro atoms. The summed E-state index contributed by atoms with van der Waals surface area (Å²) in [5.74, 6) is 0. The number of halogens is 1. The van der Waals surface area contributed by atoms with Gasteiger partial charge in [0.1, 0.15) is 5.21 Å². The first-order valence-corrected chi connectivity index (χ1v) is 6.27. The van der Waals surface area contributed by atoms with Crippen molar-refractivity contribution in [2.45, 2.75) is 13.8 Å². The highest BCUT2D eigenvalue weighted by Crippen LogP contribution is 2.20. The topological polar surface area (TPSA) is 46.2 Å². The minimum Gasteiger partial charge on any atom is -0.282 e. The highest BCUT2D eigenvalue weighted by molar-refractivity contribution is 7.93. The molecule has 0 saturated carbocycles. The highest BCUT2D eigenvalue weighted by atomic mass is 35.5. The fraction of sp³-hybridized carbons (Fsp3) is 0.333. The number of hydrogen-bond donors (Lipinski definition) is 1. The second-order valence-electron chi connectivity index (χ2n) is 3.09. The Morgan fingerprint density at radius 2 is 1.79 bits per heavy atom. The van der Waals surface area contributed by atoms with Gasteiger partial charge in [0.15, 0.2) is 0 Å². The lowest BCUT2D eigenvalue weighted by atomic mass is 10.1. The summed E-state index contributed by atoms with van der Waals surface area (Å²) in [6.07, 6.45) is 0. The number of benzene rings is 1. The van der Waals surface area contributed by atoms with Gasteiger partial charge in [0, 0.05) is 0 Å². The molecule has 0 fully saturated rings. The van der Waals surface area contributed by atoms with Crippen LogP contribution in [-0.4, -0.2) is 13.6 Å². The lowest BCUT2D eigenvalue weighted by molar-refractivity contribution is 0.605. The van der Waals surface area contributed by atoms with E-state index in [1.165, 1.54) is 0 Å². The van der Waals surface area contributed by atoms with Gasteiger partial charge in [-0.15, -0.1) is 11.6 Å². The maximum atomic E-state index is 11.2. The van der Waals surface area contributed by atoms with Crippen LogP contribution in [0, 0.1) is 13.8 Å². The van der Waals surface area contributed by atoms with Crippen LogP contribution >= 0.6 is 11.6 Å². The number of para-hydroxylation sites is 1. The molecule has 0 aromatic heterocycles. The largest absolute Gasteiger partial charge is 0.282 e. The Bertz CT molecular complexity index is 408. The van der Waals surface area contributed by atoms with Crippen LogP contribution in [0.15, 0.2) is 18.2 Å². The average Bonchev–Trinajstić information content (AvgIpc) is 2.12. The molecular weight excluding hydrogens is 222 g/mol. The Kier molecular flexibility index (Phi) is 3.39. The van der Waals surface area contributed by atoms with Crippen molar-refractivity contribution in [1.82, 2.24) is 0 Å². The third kappa shape index (κ3) is 2.62. The molecule has 0 aliphatic heterocycles. The molecule has 0 radical (unpaired) electrons. The lowest BCUT2D eigenvalue weighted by Crippen LogP contribution is -2.15. The van der Waals surface area contributed by atoms with E-state index in [1.54, 1.807) is 0 Å². The minimum atomic E-state index is -3.40. The van der Waals surface area contributed by atoms with Gasteiger partial charge in [-0.05, 0) is 25.0 Å².